The molecule has 1 saturated heterocycles. The molecule has 1 aromatic carbocycles. The zero-order chi connectivity index (χ0) is 20.2. The van der Waals surface area contributed by atoms with Crippen LogP contribution in [0.2, 0.25) is 0 Å². The number of aryl methyl sites for hydroxylation is 1. The summed E-state index contributed by atoms with van der Waals surface area (Å²) in [5.74, 6) is 0.278. The number of ether oxygens (including phenoxy) is 1. The van der Waals surface area contributed by atoms with Gasteiger partial charge < -0.3 is 19.1 Å². The normalized spacial score (nSPS) is 20.6. The Morgan fingerprint density at radius 1 is 1.17 bits per heavy atom. The molecule has 1 fully saturated rings. The molecule has 29 heavy (non-hydrogen) atoms. The molecular weight excluding hydrogens is 374 g/mol. The third-order valence-corrected chi connectivity index (χ3v) is 5.78. The van der Waals surface area contributed by atoms with Crippen LogP contribution >= 0.6 is 0 Å². The Kier molecular flexibility index (Phi) is 3.73. The molecule has 2 aliphatic heterocycles. The van der Waals surface area contributed by atoms with Gasteiger partial charge in [0, 0.05) is 24.8 Å². The lowest BCUT2D eigenvalue weighted by Gasteiger charge is -2.47. The molecule has 0 N–H and O–H groups in total. The molecule has 0 radical (unpaired) electrons. The first-order chi connectivity index (χ1) is 14.1. The van der Waals surface area contributed by atoms with Crippen LogP contribution in [0.5, 0.6) is 5.75 Å². The Bertz CT molecular complexity index is 1100. The van der Waals surface area contributed by atoms with Gasteiger partial charge in [-0.15, -0.1) is 0 Å². The number of carbonyl (C=O) groups is 2. The molecule has 5 rings (SSSR count). The van der Waals surface area contributed by atoms with Gasteiger partial charge in [-0.3, -0.25) is 9.59 Å². The van der Waals surface area contributed by atoms with Gasteiger partial charge in [0.15, 0.2) is 11.4 Å². The second kappa shape index (κ2) is 6.20. The first-order valence-electron chi connectivity index (χ1n) is 9.29. The molecule has 1 unspecified atom stereocenters. The van der Waals surface area contributed by atoms with Crippen molar-refractivity contribution >= 4 is 11.8 Å². The highest BCUT2D eigenvalue weighted by Crippen LogP contribution is 2.43. The van der Waals surface area contributed by atoms with Crippen molar-refractivity contribution in [1.82, 2.24) is 24.7 Å². The van der Waals surface area contributed by atoms with E-state index in [0.29, 0.717) is 36.8 Å². The quantitative estimate of drug-likeness (QED) is 0.672. The number of nitrogens with zero attached hydrogens (tertiary/aromatic N) is 5. The third kappa shape index (κ3) is 2.33. The van der Waals surface area contributed by atoms with Gasteiger partial charge in [0.05, 0.1) is 13.7 Å². The Morgan fingerprint density at radius 2 is 1.97 bits per heavy atom. The van der Waals surface area contributed by atoms with Gasteiger partial charge in [-0.2, -0.15) is 0 Å². The summed E-state index contributed by atoms with van der Waals surface area (Å²) in [6, 6.07) is 11.1. The molecule has 9 heteroatoms. The van der Waals surface area contributed by atoms with E-state index in [-0.39, 0.29) is 17.5 Å². The van der Waals surface area contributed by atoms with Crippen LogP contribution in [0.3, 0.4) is 0 Å². The molecule has 0 bridgehead atoms. The molecule has 4 heterocycles. The molecule has 1 atom stereocenters. The minimum absolute atomic E-state index is 0.109. The predicted octanol–water partition coefficient (Wildman–Crippen LogP) is 1.65. The number of hydrogen-bond donors (Lipinski definition) is 0. The molecule has 9 nitrogen and oxygen atoms in total. The topological polar surface area (TPSA) is 93.7 Å². The fourth-order valence-electron chi connectivity index (χ4n) is 4.36. The van der Waals surface area contributed by atoms with Gasteiger partial charge in [-0.1, -0.05) is 17.3 Å². The summed E-state index contributed by atoms with van der Waals surface area (Å²) < 4.78 is 11.9. The molecule has 148 valence electrons. The second-order valence-corrected chi connectivity index (χ2v) is 7.18. The molecule has 0 saturated carbocycles. The zero-order valence-corrected chi connectivity index (χ0v) is 16.0. The van der Waals surface area contributed by atoms with E-state index in [1.165, 1.54) is 0 Å². The first-order valence-corrected chi connectivity index (χ1v) is 9.29. The predicted molar refractivity (Wildman–Crippen MR) is 100 cm³/mol. The highest BCUT2D eigenvalue weighted by molar-refractivity contribution is 5.98. The van der Waals surface area contributed by atoms with Crippen molar-refractivity contribution in [2.75, 3.05) is 20.2 Å². The van der Waals surface area contributed by atoms with Crippen molar-refractivity contribution in [3.63, 3.8) is 0 Å². The van der Waals surface area contributed by atoms with Crippen LogP contribution in [-0.4, -0.2) is 56.7 Å². The summed E-state index contributed by atoms with van der Waals surface area (Å²) in [7, 11) is 1.60. The maximum Gasteiger partial charge on any atom is 0.280 e. The summed E-state index contributed by atoms with van der Waals surface area (Å²) in [5.41, 5.74) is 1.04. The second-order valence-electron chi connectivity index (χ2n) is 7.18. The third-order valence-electron chi connectivity index (χ3n) is 5.78. The first kappa shape index (κ1) is 17.5. The van der Waals surface area contributed by atoms with Crippen molar-refractivity contribution in [3.8, 4) is 5.75 Å². The molecule has 0 spiro atoms. The number of rotatable bonds is 3. The van der Waals surface area contributed by atoms with E-state index in [2.05, 4.69) is 10.3 Å². The largest absolute Gasteiger partial charge is 0.497 e. The Balaban J connectivity index is 1.69. The fourth-order valence-corrected chi connectivity index (χ4v) is 4.36. The minimum atomic E-state index is -0.974. The van der Waals surface area contributed by atoms with E-state index in [1.54, 1.807) is 29.9 Å². The lowest BCUT2D eigenvalue weighted by Crippen LogP contribution is -2.60. The van der Waals surface area contributed by atoms with Crippen molar-refractivity contribution in [3.05, 3.63) is 65.2 Å². The van der Waals surface area contributed by atoms with Crippen LogP contribution in [0.4, 0.5) is 0 Å². The van der Waals surface area contributed by atoms with Crippen molar-refractivity contribution < 1.29 is 19.0 Å². The summed E-state index contributed by atoms with van der Waals surface area (Å²) in [6.45, 7) is 2.90. The summed E-state index contributed by atoms with van der Waals surface area (Å²) >= 11 is 0. The van der Waals surface area contributed by atoms with Crippen LogP contribution in [0.25, 0.3) is 0 Å². The number of hydrogen-bond acceptors (Lipinski definition) is 6. The van der Waals surface area contributed by atoms with Crippen LogP contribution in [-0.2, 0) is 12.2 Å². The van der Waals surface area contributed by atoms with Crippen LogP contribution in [0.15, 0.2) is 47.2 Å². The molecule has 2 aliphatic rings. The number of fused-ring (bicyclic) bond motifs is 2. The van der Waals surface area contributed by atoms with E-state index in [0.717, 1.165) is 5.56 Å². The zero-order valence-electron chi connectivity index (χ0n) is 16.0. The van der Waals surface area contributed by atoms with Crippen molar-refractivity contribution in [1.29, 1.82) is 0 Å². The lowest BCUT2D eigenvalue weighted by molar-refractivity contribution is -0.00638. The van der Waals surface area contributed by atoms with Gasteiger partial charge >= 0.3 is 0 Å². The van der Waals surface area contributed by atoms with E-state index >= 15 is 0 Å². The van der Waals surface area contributed by atoms with E-state index in [4.69, 9.17) is 9.37 Å². The Hall–Kier alpha value is -3.62. The number of aromatic nitrogens is 3. The smallest absolute Gasteiger partial charge is 0.280 e. The highest BCUT2D eigenvalue weighted by Gasteiger charge is 2.56. The van der Waals surface area contributed by atoms with Crippen LogP contribution < -0.4 is 4.74 Å². The van der Waals surface area contributed by atoms with Gasteiger partial charge in [0.1, 0.15) is 17.1 Å². The van der Waals surface area contributed by atoms with Gasteiger partial charge in [-0.05, 0) is 36.3 Å². The molecule has 0 aliphatic carbocycles. The molecule has 2 amide bonds. The molecule has 2 aromatic heterocycles. The Labute approximate surface area is 166 Å². The maximum atomic E-state index is 13.4. The highest BCUT2D eigenvalue weighted by atomic mass is 16.6. The summed E-state index contributed by atoms with van der Waals surface area (Å²) in [5, 5.41) is 7.53. The number of methoxy groups -OCH3 is 1. The van der Waals surface area contributed by atoms with E-state index < -0.39 is 5.66 Å². The minimum Gasteiger partial charge on any atom is -0.497 e. The number of amides is 2. The SMILES string of the molecule is COc1ccc(C23Cn4cccc4C(=O)N2CCN3C(=O)c2nonc2C)cc1. The number of benzene rings is 1. The van der Waals surface area contributed by atoms with Gasteiger partial charge in [-0.25, -0.2) is 4.63 Å². The lowest BCUT2D eigenvalue weighted by atomic mass is 9.93. The van der Waals surface area contributed by atoms with E-state index in [9.17, 15) is 9.59 Å². The fraction of sp³-hybridized carbons (Fsp3) is 0.300. The average Bonchev–Trinajstić information content (AvgIpc) is 3.46. The average molecular weight is 393 g/mol. The maximum absolute atomic E-state index is 13.4. The van der Waals surface area contributed by atoms with Gasteiger partial charge in [0.2, 0.25) is 0 Å². The summed E-state index contributed by atoms with van der Waals surface area (Å²) in [4.78, 5) is 30.2. The molecular formula is C20H19N5O4. The van der Waals surface area contributed by atoms with Crippen molar-refractivity contribution in [2.24, 2.45) is 0 Å². The van der Waals surface area contributed by atoms with Gasteiger partial charge in [0.25, 0.3) is 11.8 Å². The van der Waals surface area contributed by atoms with Crippen molar-refractivity contribution in [2.45, 2.75) is 19.1 Å². The molecule has 3 aromatic rings. The standard InChI is InChI=1S/C20H19N5O4/c1-13-17(22-29-21-13)19(27)25-11-10-24-18(26)16-4-3-9-23(16)12-20(24,25)14-5-7-15(28-2)8-6-14/h3-9H,10-12H2,1-2H3. The van der Waals surface area contributed by atoms with E-state index in [1.807, 2.05) is 41.1 Å². The van der Waals surface area contributed by atoms with Crippen LogP contribution in [0, 0.1) is 6.92 Å². The van der Waals surface area contributed by atoms with Crippen LogP contribution in [0.1, 0.15) is 32.2 Å². The monoisotopic (exact) mass is 393 g/mol. The summed E-state index contributed by atoms with van der Waals surface area (Å²) in [6.07, 6.45) is 1.86. The Morgan fingerprint density at radius 3 is 2.66 bits per heavy atom. The number of carbonyl (C=O) groups excluding carboxylic acids is 2.